The van der Waals surface area contributed by atoms with E-state index in [1.54, 1.807) is 12.1 Å². The van der Waals surface area contributed by atoms with Crippen molar-refractivity contribution in [2.75, 3.05) is 18.9 Å². The topological polar surface area (TPSA) is 78.8 Å². The van der Waals surface area contributed by atoms with Crippen LogP contribution >= 0.6 is 0 Å². The molecule has 6 nitrogen and oxygen atoms in total. The van der Waals surface area contributed by atoms with Gasteiger partial charge in [-0.05, 0) is 37.1 Å². The zero-order valence-corrected chi connectivity index (χ0v) is 16.3. The molecule has 1 amide bonds. The predicted octanol–water partition coefficient (Wildman–Crippen LogP) is 2.99. The standard InChI is InChI=1S/C20H23N3O3S/c1-15-8-10-16(11-9-15)13-20(24)21-17-5-3-6-18(14-17)27(25,26)22-19-7-4-12-23(19)2/h3,5-6,8-11,14H,4,7,12-13H2,1-2H3,(H,21,24)/b22-19-. The smallest absolute Gasteiger partial charge is 0.284 e. The third-order valence-electron chi connectivity index (χ3n) is 4.46. The van der Waals surface area contributed by atoms with E-state index in [9.17, 15) is 13.2 Å². The lowest BCUT2D eigenvalue weighted by molar-refractivity contribution is -0.115. The summed E-state index contributed by atoms with van der Waals surface area (Å²) in [5.74, 6) is 0.374. The Hall–Kier alpha value is -2.67. The lowest BCUT2D eigenvalue weighted by atomic mass is 10.1. The zero-order valence-electron chi connectivity index (χ0n) is 15.5. The molecule has 3 rings (SSSR count). The normalized spacial score (nSPS) is 15.9. The fraction of sp³-hybridized carbons (Fsp3) is 0.300. The van der Waals surface area contributed by atoms with E-state index in [2.05, 4.69) is 9.71 Å². The number of aryl methyl sites for hydroxylation is 1. The lowest BCUT2D eigenvalue weighted by Gasteiger charge is -2.11. The second-order valence-corrected chi connectivity index (χ2v) is 8.35. The molecule has 1 aliphatic heterocycles. The number of carbonyl (C=O) groups is 1. The third-order valence-corrected chi connectivity index (χ3v) is 5.76. The van der Waals surface area contributed by atoms with Gasteiger partial charge in [-0.3, -0.25) is 4.79 Å². The van der Waals surface area contributed by atoms with E-state index in [0.717, 1.165) is 24.1 Å². The van der Waals surface area contributed by atoms with Gasteiger partial charge >= 0.3 is 0 Å². The first-order chi connectivity index (χ1) is 12.8. The zero-order chi connectivity index (χ0) is 19.4. The van der Waals surface area contributed by atoms with Crippen LogP contribution < -0.4 is 5.32 Å². The first kappa shape index (κ1) is 19.1. The quantitative estimate of drug-likeness (QED) is 0.858. The highest BCUT2D eigenvalue weighted by atomic mass is 32.2. The molecule has 0 aliphatic carbocycles. The van der Waals surface area contributed by atoms with Gasteiger partial charge in [0, 0.05) is 25.7 Å². The minimum Gasteiger partial charge on any atom is -0.362 e. The van der Waals surface area contributed by atoms with Crippen molar-refractivity contribution in [1.29, 1.82) is 0 Å². The number of rotatable bonds is 5. The minimum atomic E-state index is -3.80. The molecule has 2 aromatic rings. The Morgan fingerprint density at radius 1 is 1.19 bits per heavy atom. The summed E-state index contributed by atoms with van der Waals surface area (Å²) < 4.78 is 29.1. The largest absolute Gasteiger partial charge is 0.362 e. The van der Waals surface area contributed by atoms with Crippen molar-refractivity contribution in [2.24, 2.45) is 4.40 Å². The maximum Gasteiger partial charge on any atom is 0.284 e. The number of hydrogen-bond acceptors (Lipinski definition) is 3. The van der Waals surface area contributed by atoms with Gasteiger partial charge in [0.25, 0.3) is 10.0 Å². The second-order valence-electron chi connectivity index (χ2n) is 6.75. The maximum atomic E-state index is 12.6. The number of hydrogen-bond donors (Lipinski definition) is 1. The van der Waals surface area contributed by atoms with Gasteiger partial charge in [-0.15, -0.1) is 4.40 Å². The van der Waals surface area contributed by atoms with E-state index in [-0.39, 0.29) is 17.2 Å². The van der Waals surface area contributed by atoms with Crippen LogP contribution in [0.15, 0.2) is 57.8 Å². The average molecular weight is 385 g/mol. The van der Waals surface area contributed by atoms with Crippen LogP contribution in [0, 0.1) is 6.92 Å². The number of anilines is 1. The number of benzene rings is 2. The van der Waals surface area contributed by atoms with Gasteiger partial charge < -0.3 is 10.2 Å². The van der Waals surface area contributed by atoms with Gasteiger partial charge in [0.15, 0.2) is 0 Å². The Labute approximate surface area is 160 Å². The van der Waals surface area contributed by atoms with E-state index in [1.807, 2.05) is 43.1 Å². The molecule has 27 heavy (non-hydrogen) atoms. The minimum absolute atomic E-state index is 0.0726. The molecule has 1 N–H and O–H groups in total. The fourth-order valence-corrected chi connectivity index (χ4v) is 4.07. The monoisotopic (exact) mass is 385 g/mol. The summed E-state index contributed by atoms with van der Waals surface area (Å²) in [5, 5.41) is 2.76. The van der Waals surface area contributed by atoms with Crippen molar-refractivity contribution >= 4 is 27.5 Å². The molecule has 1 aliphatic rings. The summed E-state index contributed by atoms with van der Waals surface area (Å²) in [5.41, 5.74) is 2.47. The van der Waals surface area contributed by atoms with Crippen molar-refractivity contribution in [1.82, 2.24) is 4.90 Å². The van der Waals surface area contributed by atoms with Crippen molar-refractivity contribution in [3.63, 3.8) is 0 Å². The molecule has 7 heteroatoms. The van der Waals surface area contributed by atoms with Gasteiger partial charge in [0.2, 0.25) is 5.91 Å². The van der Waals surface area contributed by atoms with Crippen LogP contribution in [0.4, 0.5) is 5.69 Å². The lowest BCUT2D eigenvalue weighted by Crippen LogP contribution is -2.20. The number of amidine groups is 1. The average Bonchev–Trinajstić information content (AvgIpc) is 3.01. The summed E-state index contributed by atoms with van der Waals surface area (Å²) in [6.07, 6.45) is 1.78. The molecule has 0 radical (unpaired) electrons. The Bertz CT molecular complexity index is 966. The van der Waals surface area contributed by atoms with E-state index in [0.29, 0.717) is 17.9 Å². The molecule has 1 saturated heterocycles. The SMILES string of the molecule is Cc1ccc(CC(=O)Nc2cccc(S(=O)(=O)/N=C3/CCCN3C)c2)cc1. The Morgan fingerprint density at radius 3 is 2.59 bits per heavy atom. The van der Waals surface area contributed by atoms with Gasteiger partial charge in [0.05, 0.1) is 11.3 Å². The predicted molar refractivity (Wildman–Crippen MR) is 106 cm³/mol. The van der Waals surface area contributed by atoms with Crippen LogP contribution in [0.1, 0.15) is 24.0 Å². The summed E-state index contributed by atoms with van der Waals surface area (Å²) in [6.45, 7) is 2.80. The molecule has 0 bridgehead atoms. The Morgan fingerprint density at radius 2 is 1.93 bits per heavy atom. The van der Waals surface area contributed by atoms with Gasteiger partial charge in [-0.2, -0.15) is 8.42 Å². The Balaban J connectivity index is 1.73. The van der Waals surface area contributed by atoms with E-state index in [4.69, 9.17) is 0 Å². The molecular formula is C20H23N3O3S. The molecule has 142 valence electrons. The fourth-order valence-electron chi connectivity index (χ4n) is 2.93. The van der Waals surface area contributed by atoms with Crippen LogP contribution in [0.2, 0.25) is 0 Å². The van der Waals surface area contributed by atoms with Crippen LogP contribution in [-0.2, 0) is 21.2 Å². The molecule has 0 unspecified atom stereocenters. The first-order valence-corrected chi connectivity index (χ1v) is 10.3. The molecule has 0 spiro atoms. The highest BCUT2D eigenvalue weighted by Crippen LogP contribution is 2.20. The molecule has 1 heterocycles. The highest BCUT2D eigenvalue weighted by Gasteiger charge is 2.20. The van der Waals surface area contributed by atoms with Crippen LogP contribution in [0.25, 0.3) is 0 Å². The summed E-state index contributed by atoms with van der Waals surface area (Å²) in [4.78, 5) is 14.2. The maximum absolute atomic E-state index is 12.6. The number of carbonyl (C=O) groups excluding carboxylic acids is 1. The van der Waals surface area contributed by atoms with Crippen molar-refractivity contribution < 1.29 is 13.2 Å². The molecule has 0 saturated carbocycles. The summed E-state index contributed by atoms with van der Waals surface area (Å²) >= 11 is 0. The highest BCUT2D eigenvalue weighted by molar-refractivity contribution is 7.90. The number of nitrogens with zero attached hydrogens (tertiary/aromatic N) is 2. The van der Waals surface area contributed by atoms with E-state index in [1.165, 1.54) is 12.1 Å². The number of likely N-dealkylation sites (tertiary alicyclic amines) is 1. The van der Waals surface area contributed by atoms with E-state index < -0.39 is 10.0 Å². The van der Waals surface area contributed by atoms with Crippen molar-refractivity contribution in [3.05, 3.63) is 59.7 Å². The van der Waals surface area contributed by atoms with Gasteiger partial charge in [-0.25, -0.2) is 0 Å². The second kappa shape index (κ2) is 7.92. The van der Waals surface area contributed by atoms with Gasteiger partial charge in [0.1, 0.15) is 5.84 Å². The first-order valence-electron chi connectivity index (χ1n) is 8.84. The van der Waals surface area contributed by atoms with Crippen LogP contribution in [-0.4, -0.2) is 38.7 Å². The van der Waals surface area contributed by atoms with Crippen molar-refractivity contribution in [2.45, 2.75) is 31.1 Å². The number of sulfonamides is 1. The van der Waals surface area contributed by atoms with Crippen LogP contribution in [0.3, 0.4) is 0 Å². The molecule has 2 aromatic carbocycles. The number of nitrogens with one attached hydrogen (secondary N) is 1. The van der Waals surface area contributed by atoms with Crippen molar-refractivity contribution in [3.8, 4) is 0 Å². The molecule has 1 fully saturated rings. The number of amides is 1. The van der Waals surface area contributed by atoms with E-state index >= 15 is 0 Å². The van der Waals surface area contributed by atoms with Crippen LogP contribution in [0.5, 0.6) is 0 Å². The molecule has 0 aromatic heterocycles. The summed E-state index contributed by atoms with van der Waals surface area (Å²) in [6, 6.07) is 13.9. The third kappa shape index (κ3) is 4.95. The molecular weight excluding hydrogens is 362 g/mol. The summed E-state index contributed by atoms with van der Waals surface area (Å²) in [7, 11) is -1.97. The Kier molecular flexibility index (Phi) is 5.60. The van der Waals surface area contributed by atoms with Gasteiger partial charge in [-0.1, -0.05) is 35.9 Å². The molecule has 0 atom stereocenters.